The zero-order valence-electron chi connectivity index (χ0n) is 10.4. The van der Waals surface area contributed by atoms with Crippen molar-refractivity contribution in [1.29, 1.82) is 0 Å². The first kappa shape index (κ1) is 16.2. The van der Waals surface area contributed by atoms with Crippen molar-refractivity contribution in [2.45, 2.75) is 11.1 Å². The van der Waals surface area contributed by atoms with Crippen LogP contribution < -0.4 is 10.6 Å². The summed E-state index contributed by atoms with van der Waals surface area (Å²) in [6, 6.07) is 2.67. The van der Waals surface area contributed by atoms with Crippen molar-refractivity contribution in [3.8, 4) is 0 Å². The molecule has 0 aliphatic carbocycles. The molecule has 1 heterocycles. The maximum atomic E-state index is 11.9. The van der Waals surface area contributed by atoms with Crippen LogP contribution in [0.15, 0.2) is 23.2 Å². The van der Waals surface area contributed by atoms with Gasteiger partial charge in [-0.15, -0.1) is 0 Å². The van der Waals surface area contributed by atoms with Crippen LogP contribution in [-0.2, 0) is 14.6 Å². The van der Waals surface area contributed by atoms with E-state index in [0.29, 0.717) is 0 Å². The van der Waals surface area contributed by atoms with Gasteiger partial charge in [0.15, 0.2) is 9.84 Å². The van der Waals surface area contributed by atoms with E-state index >= 15 is 0 Å². The summed E-state index contributed by atoms with van der Waals surface area (Å²) < 4.78 is 58.5. The molecule has 0 fully saturated rings. The largest absolute Gasteiger partial charge is 0.405 e. The number of rotatable bonds is 5. The van der Waals surface area contributed by atoms with Crippen molar-refractivity contribution in [2.24, 2.45) is 0 Å². The van der Waals surface area contributed by atoms with E-state index in [0.717, 1.165) is 6.26 Å². The molecule has 1 amide bonds. The summed E-state index contributed by atoms with van der Waals surface area (Å²) >= 11 is 0. The number of nitrogens with one attached hydrogen (secondary N) is 2. The quantitative estimate of drug-likeness (QED) is 0.830. The van der Waals surface area contributed by atoms with Gasteiger partial charge in [0, 0.05) is 12.5 Å². The van der Waals surface area contributed by atoms with Crippen LogP contribution in [0.5, 0.6) is 0 Å². The second-order valence-corrected chi connectivity index (χ2v) is 5.85. The second-order valence-electron chi connectivity index (χ2n) is 3.87. The van der Waals surface area contributed by atoms with Crippen LogP contribution in [0.4, 0.5) is 19.0 Å². The van der Waals surface area contributed by atoms with Gasteiger partial charge in [-0.05, 0) is 12.1 Å². The van der Waals surface area contributed by atoms with Gasteiger partial charge in [0.05, 0.1) is 6.54 Å². The minimum Gasteiger partial charge on any atom is -0.360 e. The molecule has 112 valence electrons. The number of halogens is 3. The van der Waals surface area contributed by atoms with E-state index in [1.54, 1.807) is 5.32 Å². The predicted octanol–water partition coefficient (Wildman–Crippen LogP) is 0.576. The molecule has 0 saturated carbocycles. The fourth-order valence-electron chi connectivity index (χ4n) is 1.25. The van der Waals surface area contributed by atoms with Crippen LogP contribution in [0.2, 0.25) is 0 Å². The highest BCUT2D eigenvalue weighted by Gasteiger charge is 2.27. The van der Waals surface area contributed by atoms with Gasteiger partial charge >= 0.3 is 6.18 Å². The number of hydrogen-bond acceptors (Lipinski definition) is 5. The van der Waals surface area contributed by atoms with E-state index in [4.69, 9.17) is 0 Å². The average Bonchev–Trinajstić information content (AvgIpc) is 2.32. The normalized spacial score (nSPS) is 12.0. The zero-order chi connectivity index (χ0) is 15.4. The summed E-state index contributed by atoms with van der Waals surface area (Å²) in [7, 11) is -3.55. The van der Waals surface area contributed by atoms with Gasteiger partial charge in [-0.25, -0.2) is 13.4 Å². The zero-order valence-corrected chi connectivity index (χ0v) is 11.2. The second kappa shape index (κ2) is 6.07. The molecule has 0 bridgehead atoms. The van der Waals surface area contributed by atoms with Crippen molar-refractivity contribution >= 4 is 21.6 Å². The maximum Gasteiger partial charge on any atom is 0.405 e. The number of nitrogens with zero attached hydrogens (tertiary/aromatic N) is 1. The van der Waals surface area contributed by atoms with Crippen LogP contribution in [0, 0.1) is 0 Å². The van der Waals surface area contributed by atoms with Gasteiger partial charge in [-0.2, -0.15) is 13.2 Å². The highest BCUT2D eigenvalue weighted by Crippen LogP contribution is 2.17. The van der Waals surface area contributed by atoms with Crippen molar-refractivity contribution in [3.63, 3.8) is 0 Å². The molecule has 1 aromatic rings. The topological polar surface area (TPSA) is 88.2 Å². The van der Waals surface area contributed by atoms with Crippen molar-refractivity contribution < 1.29 is 26.4 Å². The number of hydrogen-bond donors (Lipinski definition) is 2. The molecule has 0 unspecified atom stereocenters. The molecule has 0 spiro atoms. The molecule has 0 saturated heterocycles. The molecule has 6 nitrogen and oxygen atoms in total. The number of carbonyl (C=O) groups excluding carboxylic acids is 1. The predicted molar refractivity (Wildman–Crippen MR) is 64.9 cm³/mol. The monoisotopic (exact) mass is 311 g/mol. The molecule has 1 aromatic heterocycles. The van der Waals surface area contributed by atoms with Crippen LogP contribution in [0.3, 0.4) is 0 Å². The fourth-order valence-corrected chi connectivity index (χ4v) is 2.05. The van der Waals surface area contributed by atoms with E-state index in [1.165, 1.54) is 18.3 Å². The molecule has 2 N–H and O–H groups in total. The number of alkyl halides is 3. The third-order valence-electron chi connectivity index (χ3n) is 2.07. The van der Waals surface area contributed by atoms with Gasteiger partial charge < -0.3 is 10.6 Å². The molecule has 0 aliphatic rings. The Morgan fingerprint density at radius 2 is 2.05 bits per heavy atom. The van der Waals surface area contributed by atoms with Crippen molar-refractivity contribution in [2.75, 3.05) is 24.7 Å². The summed E-state index contributed by atoms with van der Waals surface area (Å²) in [4.78, 5) is 14.8. The number of aromatic nitrogens is 1. The minimum atomic E-state index is -4.50. The van der Waals surface area contributed by atoms with Crippen LogP contribution in [-0.4, -0.2) is 44.8 Å². The Balaban J connectivity index is 2.65. The number of carbonyl (C=O) groups is 1. The highest BCUT2D eigenvalue weighted by atomic mass is 32.2. The molecule has 20 heavy (non-hydrogen) atoms. The fraction of sp³-hybridized carbons (Fsp3) is 0.400. The third kappa shape index (κ3) is 5.43. The van der Waals surface area contributed by atoms with Crippen LogP contribution in [0.25, 0.3) is 0 Å². The first-order valence-corrected chi connectivity index (χ1v) is 7.21. The van der Waals surface area contributed by atoms with Crippen LogP contribution >= 0.6 is 0 Å². The van der Waals surface area contributed by atoms with E-state index in [9.17, 15) is 26.4 Å². The van der Waals surface area contributed by atoms with E-state index in [1.807, 2.05) is 0 Å². The molecule has 0 aromatic carbocycles. The lowest BCUT2D eigenvalue weighted by atomic mass is 10.4. The lowest BCUT2D eigenvalue weighted by molar-refractivity contribution is -0.137. The number of pyridine rings is 1. The Kier molecular flexibility index (Phi) is 4.93. The standard InChI is InChI=1S/C10H12F3N3O3S/c1-20(18,19)7-3-2-4-14-9(7)15-5-8(17)16-6-10(11,12)13/h2-4H,5-6H2,1H3,(H,14,15)(H,16,17). The SMILES string of the molecule is CS(=O)(=O)c1cccnc1NCC(=O)NCC(F)(F)F. The molecule has 0 atom stereocenters. The molecule has 1 rings (SSSR count). The summed E-state index contributed by atoms with van der Waals surface area (Å²) in [6.07, 6.45) is -2.25. The first-order valence-electron chi connectivity index (χ1n) is 5.32. The minimum absolute atomic E-state index is 0.0860. The van der Waals surface area contributed by atoms with Gasteiger partial charge in [0.25, 0.3) is 0 Å². The number of anilines is 1. The number of amides is 1. The first-order chi connectivity index (χ1) is 9.09. The van der Waals surface area contributed by atoms with E-state index < -0.39 is 35.0 Å². The highest BCUT2D eigenvalue weighted by molar-refractivity contribution is 7.90. The van der Waals surface area contributed by atoms with Crippen molar-refractivity contribution in [3.05, 3.63) is 18.3 Å². The van der Waals surface area contributed by atoms with Crippen LogP contribution in [0.1, 0.15) is 0 Å². The summed E-state index contributed by atoms with van der Waals surface area (Å²) in [5.41, 5.74) is 0. The lowest BCUT2D eigenvalue weighted by Gasteiger charge is -2.11. The molecule has 10 heteroatoms. The summed E-state index contributed by atoms with van der Waals surface area (Å²) in [6.45, 7) is -1.97. The molecular formula is C10H12F3N3O3S. The van der Waals surface area contributed by atoms with E-state index in [-0.39, 0.29) is 10.7 Å². The summed E-state index contributed by atoms with van der Waals surface area (Å²) in [5.74, 6) is -1.01. The van der Waals surface area contributed by atoms with Gasteiger partial charge in [-0.1, -0.05) is 0 Å². The average molecular weight is 311 g/mol. The van der Waals surface area contributed by atoms with Gasteiger partial charge in [0.2, 0.25) is 5.91 Å². The molecule has 0 radical (unpaired) electrons. The third-order valence-corrected chi connectivity index (χ3v) is 3.20. The Bertz CT molecular complexity index is 587. The summed E-state index contributed by atoms with van der Waals surface area (Å²) in [5, 5.41) is 4.03. The Labute approximate surface area is 113 Å². The van der Waals surface area contributed by atoms with Gasteiger partial charge in [0.1, 0.15) is 17.3 Å². The Morgan fingerprint density at radius 3 is 2.60 bits per heavy atom. The Morgan fingerprint density at radius 1 is 1.40 bits per heavy atom. The Hall–Kier alpha value is -1.84. The van der Waals surface area contributed by atoms with Gasteiger partial charge in [-0.3, -0.25) is 4.79 Å². The van der Waals surface area contributed by atoms with Crippen molar-refractivity contribution in [1.82, 2.24) is 10.3 Å². The maximum absolute atomic E-state index is 11.9. The lowest BCUT2D eigenvalue weighted by Crippen LogP contribution is -2.37. The molecular weight excluding hydrogens is 299 g/mol. The smallest absolute Gasteiger partial charge is 0.360 e. The number of sulfone groups is 1. The van der Waals surface area contributed by atoms with E-state index in [2.05, 4.69) is 10.3 Å². The molecule has 0 aliphatic heterocycles.